The average molecular weight is 358 g/mol. The highest BCUT2D eigenvalue weighted by Gasteiger charge is 2.50. The van der Waals surface area contributed by atoms with Crippen LogP contribution in [0.5, 0.6) is 0 Å². The molecule has 2 aromatic rings. The lowest BCUT2D eigenvalue weighted by Crippen LogP contribution is -2.34. The number of nitrogens with one attached hydrogen (secondary N) is 2. The number of hydrogen-bond donors (Lipinski definition) is 2. The molecule has 6 heteroatoms. The third-order valence-electron chi connectivity index (χ3n) is 4.65. The maximum Gasteiger partial charge on any atom is 0.230 e. The fraction of sp³-hybridized carbons (Fsp3) is 0.316. The molecule has 25 heavy (non-hydrogen) atoms. The van der Waals surface area contributed by atoms with Gasteiger partial charge in [0.1, 0.15) is 0 Å². The molecule has 2 N–H and O–H groups in total. The smallest absolute Gasteiger partial charge is 0.230 e. The molecule has 0 spiro atoms. The third-order valence-corrected chi connectivity index (χ3v) is 5.99. The molecule has 2 aromatic carbocycles. The average Bonchev–Trinajstić information content (AvgIpc) is 3.43. The standard InChI is InChI=1S/C19H22N2O3S/c1-20-25(23,24)14-16-9-7-15(8-10-16)13-21-18(22)19(11-12-19)17-5-3-2-4-6-17/h2-10,20H,11-14H2,1H3,(H,21,22). The summed E-state index contributed by atoms with van der Waals surface area (Å²) in [6.45, 7) is 0.437. The number of carbonyl (C=O) groups excluding carboxylic acids is 1. The van der Waals surface area contributed by atoms with Gasteiger partial charge in [-0.15, -0.1) is 0 Å². The fourth-order valence-corrected chi connectivity index (χ4v) is 3.70. The predicted molar refractivity (Wildman–Crippen MR) is 97.3 cm³/mol. The molecule has 1 amide bonds. The summed E-state index contributed by atoms with van der Waals surface area (Å²) in [5.74, 6) is 0.00770. The predicted octanol–water partition coefficient (Wildman–Crippen LogP) is 2.08. The Kier molecular flexibility index (Phi) is 4.92. The minimum absolute atomic E-state index is 0.0484. The Balaban J connectivity index is 1.60. The molecule has 0 radical (unpaired) electrons. The number of hydrogen-bond acceptors (Lipinski definition) is 3. The maximum atomic E-state index is 12.6. The highest BCUT2D eigenvalue weighted by molar-refractivity contribution is 7.88. The van der Waals surface area contributed by atoms with Crippen molar-refractivity contribution in [1.29, 1.82) is 0 Å². The van der Waals surface area contributed by atoms with E-state index in [1.807, 2.05) is 42.5 Å². The molecule has 1 fully saturated rings. The van der Waals surface area contributed by atoms with Crippen molar-refractivity contribution in [1.82, 2.24) is 10.0 Å². The first-order valence-electron chi connectivity index (χ1n) is 8.28. The molecular weight excluding hydrogens is 336 g/mol. The van der Waals surface area contributed by atoms with Crippen LogP contribution in [0.1, 0.15) is 29.5 Å². The lowest BCUT2D eigenvalue weighted by atomic mass is 9.95. The Hall–Kier alpha value is -2.18. The lowest BCUT2D eigenvalue weighted by Gasteiger charge is -2.16. The second-order valence-corrected chi connectivity index (χ2v) is 8.34. The molecule has 0 unspecified atom stereocenters. The van der Waals surface area contributed by atoms with Crippen molar-refractivity contribution < 1.29 is 13.2 Å². The van der Waals surface area contributed by atoms with Crippen LogP contribution in [0, 0.1) is 0 Å². The maximum absolute atomic E-state index is 12.6. The van der Waals surface area contributed by atoms with Crippen molar-refractivity contribution in [2.24, 2.45) is 0 Å². The van der Waals surface area contributed by atoms with Crippen molar-refractivity contribution in [2.75, 3.05) is 7.05 Å². The summed E-state index contributed by atoms with van der Waals surface area (Å²) in [6.07, 6.45) is 1.76. The molecule has 1 aliphatic rings. The molecule has 0 aromatic heterocycles. The molecule has 1 saturated carbocycles. The summed E-state index contributed by atoms with van der Waals surface area (Å²) < 4.78 is 25.4. The van der Waals surface area contributed by atoms with Crippen LogP contribution in [-0.4, -0.2) is 21.4 Å². The van der Waals surface area contributed by atoms with E-state index >= 15 is 0 Å². The Morgan fingerprint density at radius 1 is 1.00 bits per heavy atom. The molecule has 0 atom stereocenters. The van der Waals surface area contributed by atoms with Crippen LogP contribution >= 0.6 is 0 Å². The molecule has 0 aliphatic heterocycles. The molecule has 5 nitrogen and oxygen atoms in total. The van der Waals surface area contributed by atoms with Gasteiger partial charge in [-0.25, -0.2) is 13.1 Å². The minimum atomic E-state index is -3.27. The minimum Gasteiger partial charge on any atom is -0.351 e. The number of carbonyl (C=O) groups is 1. The van der Waals surface area contributed by atoms with E-state index in [4.69, 9.17) is 0 Å². The lowest BCUT2D eigenvalue weighted by molar-refractivity contribution is -0.123. The van der Waals surface area contributed by atoms with Gasteiger partial charge >= 0.3 is 0 Å². The zero-order valence-electron chi connectivity index (χ0n) is 14.2. The topological polar surface area (TPSA) is 75.3 Å². The van der Waals surface area contributed by atoms with Gasteiger partial charge in [-0.3, -0.25) is 4.79 Å². The van der Waals surface area contributed by atoms with Crippen molar-refractivity contribution in [3.63, 3.8) is 0 Å². The molecule has 132 valence electrons. The van der Waals surface area contributed by atoms with E-state index < -0.39 is 10.0 Å². The Bertz CT molecular complexity index is 842. The van der Waals surface area contributed by atoms with Crippen LogP contribution in [-0.2, 0) is 32.5 Å². The number of rotatable bonds is 7. The van der Waals surface area contributed by atoms with E-state index in [1.54, 1.807) is 12.1 Å². The van der Waals surface area contributed by atoms with E-state index in [9.17, 15) is 13.2 Å². The Morgan fingerprint density at radius 2 is 1.60 bits per heavy atom. The quantitative estimate of drug-likeness (QED) is 0.796. The van der Waals surface area contributed by atoms with E-state index in [0.717, 1.165) is 24.0 Å². The summed E-state index contributed by atoms with van der Waals surface area (Å²) >= 11 is 0. The van der Waals surface area contributed by atoms with Crippen LogP contribution in [0.2, 0.25) is 0 Å². The van der Waals surface area contributed by atoms with Gasteiger partial charge in [-0.05, 0) is 36.6 Å². The van der Waals surface area contributed by atoms with Crippen molar-refractivity contribution in [3.8, 4) is 0 Å². The Morgan fingerprint density at radius 3 is 2.16 bits per heavy atom. The van der Waals surface area contributed by atoms with Gasteiger partial charge in [-0.1, -0.05) is 54.6 Å². The van der Waals surface area contributed by atoms with E-state index in [-0.39, 0.29) is 17.1 Å². The second-order valence-electron chi connectivity index (χ2n) is 6.41. The van der Waals surface area contributed by atoms with Crippen LogP contribution in [0.4, 0.5) is 0 Å². The van der Waals surface area contributed by atoms with Crippen molar-refractivity contribution in [2.45, 2.75) is 30.6 Å². The zero-order chi connectivity index (χ0) is 17.9. The van der Waals surface area contributed by atoms with Crippen LogP contribution in [0.25, 0.3) is 0 Å². The van der Waals surface area contributed by atoms with Gasteiger partial charge in [0.2, 0.25) is 15.9 Å². The highest BCUT2D eigenvalue weighted by Crippen LogP contribution is 2.48. The first-order chi connectivity index (χ1) is 12.0. The van der Waals surface area contributed by atoms with Crippen LogP contribution in [0.3, 0.4) is 0 Å². The molecule has 0 bridgehead atoms. The first kappa shape index (κ1) is 17.6. The fourth-order valence-electron chi connectivity index (χ4n) is 2.93. The van der Waals surface area contributed by atoms with Crippen LogP contribution in [0.15, 0.2) is 54.6 Å². The second kappa shape index (κ2) is 6.98. The largest absolute Gasteiger partial charge is 0.351 e. The van der Waals surface area contributed by atoms with Crippen molar-refractivity contribution in [3.05, 3.63) is 71.3 Å². The SMILES string of the molecule is CNS(=O)(=O)Cc1ccc(CNC(=O)C2(c3ccccc3)CC2)cc1. The molecular formula is C19H22N2O3S. The first-order valence-corrected chi connectivity index (χ1v) is 9.93. The summed E-state index contributed by atoms with van der Waals surface area (Å²) in [5, 5.41) is 3.01. The molecule has 0 saturated heterocycles. The number of amides is 1. The normalized spacial score (nSPS) is 15.6. The summed E-state index contributed by atoms with van der Waals surface area (Å²) in [4.78, 5) is 12.6. The van der Waals surface area contributed by atoms with Crippen LogP contribution < -0.4 is 10.0 Å². The van der Waals surface area contributed by atoms with E-state index in [1.165, 1.54) is 7.05 Å². The summed E-state index contributed by atoms with van der Waals surface area (Å²) in [5.41, 5.74) is 2.36. The van der Waals surface area contributed by atoms with E-state index in [2.05, 4.69) is 10.0 Å². The molecule has 3 rings (SSSR count). The van der Waals surface area contributed by atoms with Gasteiger partial charge in [0, 0.05) is 6.54 Å². The number of sulfonamides is 1. The Labute approximate surface area is 148 Å². The van der Waals surface area contributed by atoms with Gasteiger partial charge in [0.25, 0.3) is 0 Å². The van der Waals surface area contributed by atoms with Gasteiger partial charge in [0.15, 0.2) is 0 Å². The van der Waals surface area contributed by atoms with Gasteiger partial charge in [-0.2, -0.15) is 0 Å². The monoisotopic (exact) mass is 358 g/mol. The summed E-state index contributed by atoms with van der Waals surface area (Å²) in [6, 6.07) is 17.1. The molecule has 1 aliphatic carbocycles. The highest BCUT2D eigenvalue weighted by atomic mass is 32.2. The molecule has 0 heterocycles. The van der Waals surface area contributed by atoms with Gasteiger partial charge in [0.05, 0.1) is 11.2 Å². The van der Waals surface area contributed by atoms with Crippen molar-refractivity contribution >= 4 is 15.9 Å². The van der Waals surface area contributed by atoms with E-state index in [0.29, 0.717) is 12.1 Å². The number of benzene rings is 2. The van der Waals surface area contributed by atoms with Gasteiger partial charge < -0.3 is 5.32 Å². The summed E-state index contributed by atoms with van der Waals surface area (Å²) in [7, 11) is -1.87. The zero-order valence-corrected chi connectivity index (χ0v) is 15.0. The third kappa shape index (κ3) is 4.08.